The molecule has 100 valence electrons. The lowest BCUT2D eigenvalue weighted by molar-refractivity contribution is -0.0754. The average Bonchev–Trinajstić information content (AvgIpc) is 2.31. The fourth-order valence-electron chi connectivity index (χ4n) is 2.42. The van der Waals surface area contributed by atoms with Gasteiger partial charge in [0.25, 0.3) is 0 Å². The van der Waals surface area contributed by atoms with Crippen molar-refractivity contribution in [3.8, 4) is 0 Å². The minimum Gasteiger partial charge on any atom is -0.392 e. The fourth-order valence-corrected chi connectivity index (χ4v) is 2.89. The maximum absolute atomic E-state index is 9.74. The first-order valence-corrected chi connectivity index (χ1v) is 6.97. The van der Waals surface area contributed by atoms with Crippen LogP contribution >= 0.6 is 23.2 Å². The van der Waals surface area contributed by atoms with E-state index in [1.807, 2.05) is 12.1 Å². The van der Waals surface area contributed by atoms with Gasteiger partial charge in [-0.05, 0) is 37.1 Å². The number of nitrogens with one attached hydrogen (secondary N) is 1. The third-order valence-corrected chi connectivity index (χ3v) is 4.67. The molecule has 0 heterocycles. The van der Waals surface area contributed by atoms with Crippen LogP contribution in [0.15, 0.2) is 18.2 Å². The first-order valence-electron chi connectivity index (χ1n) is 6.21. The van der Waals surface area contributed by atoms with E-state index < -0.39 is 0 Å². The standard InChI is InChI=1S/C14H19Cl2NO/c1-8(10-6-9(15)4-5-11(10)16)17-12-7-13(18)14(12,2)3/h4-6,8,12-13,17-18H,7H2,1-3H3. The molecule has 0 radical (unpaired) electrons. The van der Waals surface area contributed by atoms with E-state index in [0.717, 1.165) is 17.0 Å². The summed E-state index contributed by atoms with van der Waals surface area (Å²) in [6.45, 7) is 6.22. The van der Waals surface area contributed by atoms with Crippen molar-refractivity contribution in [2.24, 2.45) is 5.41 Å². The van der Waals surface area contributed by atoms with Crippen molar-refractivity contribution in [2.75, 3.05) is 0 Å². The van der Waals surface area contributed by atoms with E-state index in [2.05, 4.69) is 26.1 Å². The molecule has 1 aliphatic carbocycles. The number of rotatable bonds is 3. The van der Waals surface area contributed by atoms with E-state index in [1.54, 1.807) is 6.07 Å². The monoisotopic (exact) mass is 287 g/mol. The minimum atomic E-state index is -0.225. The molecular weight excluding hydrogens is 269 g/mol. The summed E-state index contributed by atoms with van der Waals surface area (Å²) in [4.78, 5) is 0. The molecule has 2 rings (SSSR count). The van der Waals surface area contributed by atoms with E-state index >= 15 is 0 Å². The van der Waals surface area contributed by atoms with Crippen LogP contribution in [-0.2, 0) is 0 Å². The maximum atomic E-state index is 9.74. The third kappa shape index (κ3) is 2.53. The van der Waals surface area contributed by atoms with Crippen molar-refractivity contribution in [3.05, 3.63) is 33.8 Å². The van der Waals surface area contributed by atoms with E-state index in [4.69, 9.17) is 23.2 Å². The number of aliphatic hydroxyl groups is 1. The van der Waals surface area contributed by atoms with Gasteiger partial charge in [0.2, 0.25) is 0 Å². The predicted molar refractivity (Wildman–Crippen MR) is 76.2 cm³/mol. The molecule has 0 bridgehead atoms. The fraction of sp³-hybridized carbons (Fsp3) is 0.571. The minimum absolute atomic E-state index is 0.0840. The summed E-state index contributed by atoms with van der Waals surface area (Å²) < 4.78 is 0. The van der Waals surface area contributed by atoms with Crippen LogP contribution in [0.2, 0.25) is 10.0 Å². The van der Waals surface area contributed by atoms with Crippen molar-refractivity contribution in [1.29, 1.82) is 0 Å². The van der Waals surface area contributed by atoms with Crippen LogP contribution in [0.4, 0.5) is 0 Å². The second-order valence-electron chi connectivity index (χ2n) is 5.68. The Labute approximate surface area is 118 Å². The lowest BCUT2D eigenvalue weighted by Crippen LogP contribution is -2.60. The second-order valence-corrected chi connectivity index (χ2v) is 6.52. The van der Waals surface area contributed by atoms with Gasteiger partial charge in [-0.15, -0.1) is 0 Å². The van der Waals surface area contributed by atoms with Crippen LogP contribution in [0, 0.1) is 5.41 Å². The summed E-state index contributed by atoms with van der Waals surface area (Å²) in [6, 6.07) is 5.92. The van der Waals surface area contributed by atoms with Crippen LogP contribution in [-0.4, -0.2) is 17.3 Å². The molecule has 1 aromatic rings. The zero-order valence-corrected chi connectivity index (χ0v) is 12.4. The smallest absolute Gasteiger partial charge is 0.0621 e. The van der Waals surface area contributed by atoms with Gasteiger partial charge in [-0.25, -0.2) is 0 Å². The van der Waals surface area contributed by atoms with Crippen LogP contribution in [0.5, 0.6) is 0 Å². The van der Waals surface area contributed by atoms with Gasteiger partial charge >= 0.3 is 0 Å². The molecule has 1 fully saturated rings. The highest BCUT2D eigenvalue weighted by Gasteiger charge is 2.47. The molecule has 2 nitrogen and oxygen atoms in total. The molecule has 18 heavy (non-hydrogen) atoms. The molecule has 1 saturated carbocycles. The summed E-state index contributed by atoms with van der Waals surface area (Å²) in [5, 5.41) is 14.7. The van der Waals surface area contributed by atoms with Crippen molar-refractivity contribution < 1.29 is 5.11 Å². The van der Waals surface area contributed by atoms with Crippen molar-refractivity contribution in [3.63, 3.8) is 0 Å². The first-order chi connectivity index (χ1) is 8.32. The summed E-state index contributed by atoms with van der Waals surface area (Å²) in [5.74, 6) is 0. The van der Waals surface area contributed by atoms with E-state index in [9.17, 15) is 5.11 Å². The van der Waals surface area contributed by atoms with E-state index in [1.165, 1.54) is 0 Å². The van der Waals surface area contributed by atoms with Gasteiger partial charge in [-0.1, -0.05) is 37.0 Å². The van der Waals surface area contributed by atoms with Crippen LogP contribution in [0.1, 0.15) is 38.8 Å². The third-order valence-electron chi connectivity index (χ3n) is 4.09. The first kappa shape index (κ1) is 14.1. The van der Waals surface area contributed by atoms with E-state index in [0.29, 0.717) is 11.1 Å². The van der Waals surface area contributed by atoms with E-state index in [-0.39, 0.29) is 17.6 Å². The van der Waals surface area contributed by atoms with Gasteiger partial charge in [-0.3, -0.25) is 0 Å². The Balaban J connectivity index is 2.09. The van der Waals surface area contributed by atoms with Gasteiger partial charge in [0.1, 0.15) is 0 Å². The molecule has 0 aromatic heterocycles. The Bertz CT molecular complexity index is 447. The highest BCUT2D eigenvalue weighted by molar-refractivity contribution is 6.33. The van der Waals surface area contributed by atoms with Gasteiger partial charge < -0.3 is 10.4 Å². The Morgan fingerprint density at radius 3 is 2.61 bits per heavy atom. The summed E-state index contributed by atoms with van der Waals surface area (Å²) >= 11 is 12.2. The zero-order chi connectivity index (χ0) is 13.5. The average molecular weight is 288 g/mol. The zero-order valence-electron chi connectivity index (χ0n) is 10.9. The Hall–Kier alpha value is -0.280. The summed E-state index contributed by atoms with van der Waals surface area (Å²) in [6.07, 6.45) is 0.562. The lowest BCUT2D eigenvalue weighted by Gasteiger charge is -2.50. The van der Waals surface area contributed by atoms with Crippen LogP contribution in [0.25, 0.3) is 0 Å². The SMILES string of the molecule is CC(NC1CC(O)C1(C)C)c1cc(Cl)ccc1Cl. The van der Waals surface area contributed by atoms with Gasteiger partial charge in [-0.2, -0.15) is 0 Å². The molecule has 0 saturated heterocycles. The lowest BCUT2D eigenvalue weighted by atomic mass is 9.64. The van der Waals surface area contributed by atoms with Crippen molar-refractivity contribution in [2.45, 2.75) is 45.4 Å². The highest BCUT2D eigenvalue weighted by Crippen LogP contribution is 2.42. The maximum Gasteiger partial charge on any atom is 0.0621 e. The molecule has 0 spiro atoms. The molecule has 0 aliphatic heterocycles. The molecule has 3 unspecified atom stereocenters. The molecule has 4 heteroatoms. The normalized spacial score (nSPS) is 27.7. The largest absolute Gasteiger partial charge is 0.392 e. The van der Waals surface area contributed by atoms with Crippen LogP contribution < -0.4 is 5.32 Å². The van der Waals surface area contributed by atoms with Crippen molar-refractivity contribution in [1.82, 2.24) is 5.32 Å². The molecule has 0 amide bonds. The second kappa shape index (κ2) is 5.01. The number of benzene rings is 1. The molecule has 2 N–H and O–H groups in total. The summed E-state index contributed by atoms with van der Waals surface area (Å²) in [7, 11) is 0. The predicted octanol–water partition coefficient (Wildman–Crippen LogP) is 3.80. The van der Waals surface area contributed by atoms with Gasteiger partial charge in [0.05, 0.1) is 6.10 Å². The highest BCUT2D eigenvalue weighted by atomic mass is 35.5. The molecule has 1 aromatic carbocycles. The molecule has 1 aliphatic rings. The molecular formula is C14H19Cl2NO. The van der Waals surface area contributed by atoms with Crippen molar-refractivity contribution >= 4 is 23.2 Å². The number of hydrogen-bond donors (Lipinski definition) is 2. The Morgan fingerprint density at radius 1 is 1.39 bits per heavy atom. The van der Waals surface area contributed by atoms with Crippen LogP contribution in [0.3, 0.4) is 0 Å². The number of hydrogen-bond acceptors (Lipinski definition) is 2. The topological polar surface area (TPSA) is 32.3 Å². The van der Waals surface area contributed by atoms with Gasteiger partial charge in [0.15, 0.2) is 0 Å². The number of halogens is 2. The number of aliphatic hydroxyl groups excluding tert-OH is 1. The summed E-state index contributed by atoms with van der Waals surface area (Å²) in [5.41, 5.74) is 0.917. The Morgan fingerprint density at radius 2 is 2.06 bits per heavy atom. The quantitative estimate of drug-likeness (QED) is 0.886. The molecule has 3 atom stereocenters. The Kier molecular flexibility index (Phi) is 3.93. The van der Waals surface area contributed by atoms with Gasteiger partial charge in [0, 0.05) is 27.5 Å².